The van der Waals surface area contributed by atoms with Crippen LogP contribution < -0.4 is 11.1 Å². The van der Waals surface area contributed by atoms with Gasteiger partial charge in [-0.05, 0) is 30.3 Å². The van der Waals surface area contributed by atoms with Crippen molar-refractivity contribution in [3.05, 3.63) is 63.2 Å². The molecule has 0 atom stereocenters. The minimum atomic E-state index is -0.605. The van der Waals surface area contributed by atoms with E-state index in [2.05, 4.69) is 5.32 Å². The van der Waals surface area contributed by atoms with Gasteiger partial charge in [0.25, 0.3) is 11.6 Å². The molecule has 0 bridgehead atoms. The molecule has 0 aliphatic carbocycles. The summed E-state index contributed by atoms with van der Waals surface area (Å²) in [4.78, 5) is 22.1. The number of halogens is 1. The number of benzene rings is 2. The third-order valence-electron chi connectivity index (χ3n) is 2.52. The van der Waals surface area contributed by atoms with Crippen molar-refractivity contribution in [3.63, 3.8) is 0 Å². The minimum Gasteiger partial charge on any atom is -0.399 e. The van der Waals surface area contributed by atoms with Crippen LogP contribution >= 0.6 is 11.6 Å². The van der Waals surface area contributed by atoms with Crippen molar-refractivity contribution in [2.45, 2.75) is 0 Å². The average molecular weight is 292 g/mol. The Morgan fingerprint density at radius 3 is 2.45 bits per heavy atom. The summed E-state index contributed by atoms with van der Waals surface area (Å²) in [7, 11) is 0. The molecule has 0 aromatic heterocycles. The van der Waals surface area contributed by atoms with Crippen molar-refractivity contribution >= 4 is 34.6 Å². The SMILES string of the molecule is Nc1ccc(NC(=O)c2cc(Cl)cc([N+](=O)[O-])c2)cc1. The van der Waals surface area contributed by atoms with Crippen molar-refractivity contribution in [1.29, 1.82) is 0 Å². The number of rotatable bonds is 3. The van der Waals surface area contributed by atoms with Crippen LogP contribution in [0.15, 0.2) is 42.5 Å². The summed E-state index contributed by atoms with van der Waals surface area (Å²) in [5.74, 6) is -0.486. The Bertz CT molecular complexity index is 671. The van der Waals surface area contributed by atoms with Gasteiger partial charge in [-0.2, -0.15) is 0 Å². The van der Waals surface area contributed by atoms with Crippen molar-refractivity contribution in [2.75, 3.05) is 11.1 Å². The first kappa shape index (κ1) is 13.8. The highest BCUT2D eigenvalue weighted by molar-refractivity contribution is 6.31. The zero-order valence-electron chi connectivity index (χ0n) is 10.2. The van der Waals surface area contributed by atoms with E-state index in [9.17, 15) is 14.9 Å². The molecule has 0 saturated heterocycles. The zero-order chi connectivity index (χ0) is 14.7. The first-order chi connectivity index (χ1) is 9.45. The summed E-state index contributed by atoms with van der Waals surface area (Å²) in [5, 5.41) is 13.5. The number of amides is 1. The van der Waals surface area contributed by atoms with E-state index in [1.165, 1.54) is 18.2 Å². The Kier molecular flexibility index (Phi) is 3.86. The maximum atomic E-state index is 12.0. The number of anilines is 2. The van der Waals surface area contributed by atoms with Crippen LogP contribution in [-0.4, -0.2) is 10.8 Å². The number of nitrogens with two attached hydrogens (primary N) is 1. The lowest BCUT2D eigenvalue weighted by Gasteiger charge is -2.06. The molecular formula is C13H10ClN3O3. The number of carbonyl (C=O) groups is 1. The Labute approximate surface area is 119 Å². The molecule has 0 fully saturated rings. The number of nitro benzene ring substituents is 1. The molecule has 0 saturated carbocycles. The Morgan fingerprint density at radius 2 is 1.85 bits per heavy atom. The average Bonchev–Trinajstić information content (AvgIpc) is 2.40. The largest absolute Gasteiger partial charge is 0.399 e. The fourth-order valence-corrected chi connectivity index (χ4v) is 1.81. The molecule has 2 rings (SSSR count). The molecule has 0 unspecified atom stereocenters. The maximum absolute atomic E-state index is 12.0. The highest BCUT2D eigenvalue weighted by atomic mass is 35.5. The summed E-state index contributed by atoms with van der Waals surface area (Å²) in [6.45, 7) is 0. The standard InChI is InChI=1S/C13H10ClN3O3/c14-9-5-8(6-12(7-9)17(19)20)13(18)16-11-3-1-10(15)2-4-11/h1-7H,15H2,(H,16,18). The van der Waals surface area contributed by atoms with E-state index >= 15 is 0 Å². The first-order valence-corrected chi connectivity index (χ1v) is 5.95. The van der Waals surface area contributed by atoms with Gasteiger partial charge in [0.05, 0.1) is 4.92 Å². The fourth-order valence-electron chi connectivity index (χ4n) is 1.58. The van der Waals surface area contributed by atoms with E-state index in [1.54, 1.807) is 24.3 Å². The van der Waals surface area contributed by atoms with Crippen molar-refractivity contribution in [3.8, 4) is 0 Å². The third-order valence-corrected chi connectivity index (χ3v) is 2.74. The Balaban J connectivity index is 2.25. The second-order valence-corrected chi connectivity index (χ2v) is 4.47. The third kappa shape index (κ3) is 3.24. The van der Waals surface area contributed by atoms with Gasteiger partial charge < -0.3 is 11.1 Å². The molecule has 20 heavy (non-hydrogen) atoms. The molecule has 1 amide bonds. The Hall–Kier alpha value is -2.60. The van der Waals surface area contributed by atoms with Crippen LogP contribution in [0.4, 0.5) is 17.1 Å². The molecule has 0 aliphatic heterocycles. The lowest BCUT2D eigenvalue weighted by Crippen LogP contribution is -2.12. The predicted octanol–water partition coefficient (Wildman–Crippen LogP) is 3.08. The number of hydrogen-bond donors (Lipinski definition) is 2. The predicted molar refractivity (Wildman–Crippen MR) is 76.9 cm³/mol. The first-order valence-electron chi connectivity index (χ1n) is 5.57. The second kappa shape index (κ2) is 5.58. The van der Waals surface area contributed by atoms with Crippen molar-refractivity contribution in [1.82, 2.24) is 0 Å². The number of hydrogen-bond acceptors (Lipinski definition) is 4. The number of nitro groups is 1. The van der Waals surface area contributed by atoms with E-state index in [0.717, 1.165) is 0 Å². The van der Waals surface area contributed by atoms with Gasteiger partial charge in [-0.3, -0.25) is 14.9 Å². The van der Waals surface area contributed by atoms with E-state index in [4.69, 9.17) is 17.3 Å². The van der Waals surface area contributed by atoms with Crippen LogP contribution in [-0.2, 0) is 0 Å². The molecule has 102 valence electrons. The van der Waals surface area contributed by atoms with Gasteiger partial charge in [0, 0.05) is 34.1 Å². The highest BCUT2D eigenvalue weighted by Crippen LogP contribution is 2.22. The van der Waals surface area contributed by atoms with Gasteiger partial charge in [-0.1, -0.05) is 11.6 Å². The molecular weight excluding hydrogens is 282 g/mol. The smallest absolute Gasteiger partial charge is 0.271 e. The molecule has 0 spiro atoms. The molecule has 0 heterocycles. The van der Waals surface area contributed by atoms with Gasteiger partial charge in [-0.25, -0.2) is 0 Å². The van der Waals surface area contributed by atoms with Crippen LogP contribution in [0.2, 0.25) is 5.02 Å². The van der Waals surface area contributed by atoms with Crippen LogP contribution in [0.1, 0.15) is 10.4 Å². The normalized spacial score (nSPS) is 10.1. The topological polar surface area (TPSA) is 98.3 Å². The molecule has 6 nitrogen and oxygen atoms in total. The van der Waals surface area contributed by atoms with Crippen LogP contribution in [0.5, 0.6) is 0 Å². The van der Waals surface area contributed by atoms with Gasteiger partial charge in [0.2, 0.25) is 0 Å². The number of carbonyl (C=O) groups excluding carboxylic acids is 1. The second-order valence-electron chi connectivity index (χ2n) is 4.03. The highest BCUT2D eigenvalue weighted by Gasteiger charge is 2.14. The quantitative estimate of drug-likeness (QED) is 0.516. The summed E-state index contributed by atoms with van der Waals surface area (Å²) in [6, 6.07) is 10.2. The molecule has 2 aromatic carbocycles. The molecule has 7 heteroatoms. The number of nitrogen functional groups attached to an aromatic ring is 1. The van der Waals surface area contributed by atoms with E-state index in [0.29, 0.717) is 11.4 Å². The van der Waals surface area contributed by atoms with E-state index in [1.807, 2.05) is 0 Å². The molecule has 3 N–H and O–H groups in total. The molecule has 2 aromatic rings. The van der Waals surface area contributed by atoms with Crippen LogP contribution in [0.25, 0.3) is 0 Å². The Morgan fingerprint density at radius 1 is 1.20 bits per heavy atom. The lowest BCUT2D eigenvalue weighted by atomic mass is 10.2. The molecule has 0 radical (unpaired) electrons. The van der Waals surface area contributed by atoms with Crippen molar-refractivity contribution < 1.29 is 9.72 Å². The van der Waals surface area contributed by atoms with E-state index in [-0.39, 0.29) is 16.3 Å². The number of nitrogens with zero attached hydrogens (tertiary/aromatic N) is 1. The van der Waals surface area contributed by atoms with Gasteiger partial charge in [0.15, 0.2) is 0 Å². The van der Waals surface area contributed by atoms with E-state index < -0.39 is 10.8 Å². The molecule has 0 aliphatic rings. The van der Waals surface area contributed by atoms with Crippen LogP contribution in [0.3, 0.4) is 0 Å². The van der Waals surface area contributed by atoms with Gasteiger partial charge >= 0.3 is 0 Å². The maximum Gasteiger partial charge on any atom is 0.271 e. The number of non-ortho nitro benzene ring substituents is 1. The summed E-state index contributed by atoms with van der Waals surface area (Å²) < 4.78 is 0. The van der Waals surface area contributed by atoms with Crippen molar-refractivity contribution in [2.24, 2.45) is 0 Å². The monoisotopic (exact) mass is 291 g/mol. The minimum absolute atomic E-state index is 0.112. The van der Waals surface area contributed by atoms with Crippen LogP contribution in [0, 0.1) is 10.1 Å². The fraction of sp³-hybridized carbons (Fsp3) is 0. The summed E-state index contributed by atoms with van der Waals surface area (Å²) in [6.07, 6.45) is 0. The van der Waals surface area contributed by atoms with Gasteiger partial charge in [-0.15, -0.1) is 0 Å². The summed E-state index contributed by atoms with van der Waals surface area (Å²) >= 11 is 5.76. The number of nitrogens with one attached hydrogen (secondary N) is 1. The summed E-state index contributed by atoms with van der Waals surface area (Å²) in [5.41, 5.74) is 6.52. The van der Waals surface area contributed by atoms with Gasteiger partial charge in [0.1, 0.15) is 0 Å². The lowest BCUT2D eigenvalue weighted by molar-refractivity contribution is -0.384. The zero-order valence-corrected chi connectivity index (χ0v) is 10.9.